The van der Waals surface area contributed by atoms with Gasteiger partial charge in [0.05, 0.1) is 19.8 Å². The van der Waals surface area contributed by atoms with Crippen molar-refractivity contribution >= 4 is 5.91 Å². The summed E-state index contributed by atoms with van der Waals surface area (Å²) in [5.41, 5.74) is 2.25. The van der Waals surface area contributed by atoms with Crippen LogP contribution < -0.4 is 4.74 Å². The van der Waals surface area contributed by atoms with Crippen molar-refractivity contribution < 1.29 is 14.3 Å². The number of rotatable bonds is 10. The molecule has 3 rings (SSSR count). The van der Waals surface area contributed by atoms with Crippen LogP contribution in [0.4, 0.5) is 0 Å². The van der Waals surface area contributed by atoms with Crippen LogP contribution in [0.25, 0.3) is 0 Å². The molecule has 5 heteroatoms. The van der Waals surface area contributed by atoms with E-state index in [1.165, 1.54) is 0 Å². The fraction of sp³-hybridized carbons (Fsp3) is 0.480. The molecule has 0 N–H and O–H groups in total. The molecule has 0 spiro atoms. The third-order valence-corrected chi connectivity index (χ3v) is 5.55. The fourth-order valence-corrected chi connectivity index (χ4v) is 3.92. The van der Waals surface area contributed by atoms with Crippen molar-refractivity contribution in [3.63, 3.8) is 0 Å². The molecule has 5 nitrogen and oxygen atoms in total. The largest absolute Gasteiger partial charge is 0.494 e. The van der Waals surface area contributed by atoms with Crippen LogP contribution >= 0.6 is 0 Å². The van der Waals surface area contributed by atoms with E-state index in [4.69, 9.17) is 9.47 Å². The third-order valence-electron chi connectivity index (χ3n) is 5.55. The molecular weight excluding hydrogens is 376 g/mol. The highest BCUT2D eigenvalue weighted by Gasteiger charge is 2.23. The molecule has 0 radical (unpaired) electrons. The molecule has 2 aromatic carbocycles. The highest BCUT2D eigenvalue weighted by molar-refractivity contribution is 5.77. The molecule has 1 amide bonds. The quantitative estimate of drug-likeness (QED) is 0.598. The van der Waals surface area contributed by atoms with E-state index in [2.05, 4.69) is 30.0 Å². The van der Waals surface area contributed by atoms with Gasteiger partial charge in [0.25, 0.3) is 0 Å². The van der Waals surface area contributed by atoms with Gasteiger partial charge in [-0.05, 0) is 37.5 Å². The number of nitrogens with zero attached hydrogens (tertiary/aromatic N) is 2. The van der Waals surface area contributed by atoms with Crippen LogP contribution in [0.15, 0.2) is 54.6 Å². The first kappa shape index (κ1) is 22.3. The molecule has 30 heavy (non-hydrogen) atoms. The van der Waals surface area contributed by atoms with Crippen molar-refractivity contribution in [1.29, 1.82) is 0 Å². The number of carbonyl (C=O) groups excluding carboxylic acids is 1. The van der Waals surface area contributed by atoms with E-state index in [9.17, 15) is 4.79 Å². The van der Waals surface area contributed by atoms with Crippen LogP contribution in [-0.4, -0.2) is 61.2 Å². The number of aryl methyl sites for hydroxylation is 1. The minimum Gasteiger partial charge on any atom is -0.494 e. The lowest BCUT2D eigenvalue weighted by Crippen LogP contribution is -2.48. The molecular formula is C25H34N2O3. The molecule has 1 aliphatic rings. The van der Waals surface area contributed by atoms with E-state index in [0.717, 1.165) is 49.7 Å². The van der Waals surface area contributed by atoms with E-state index < -0.39 is 0 Å². The highest BCUT2D eigenvalue weighted by atomic mass is 16.5. The monoisotopic (exact) mass is 410 g/mol. The van der Waals surface area contributed by atoms with E-state index in [-0.39, 0.29) is 11.9 Å². The number of ether oxygens (including phenoxy) is 2. The molecule has 1 saturated heterocycles. The predicted molar refractivity (Wildman–Crippen MR) is 120 cm³/mol. The Morgan fingerprint density at radius 3 is 2.53 bits per heavy atom. The standard InChI is InChI=1S/C25H34N2O3/c1-3-30-24-12-8-7-11-23(24)13-14-25(28)27(20-22-9-5-4-6-10-22)21(2)19-26-15-17-29-18-16-26/h4-12,21H,3,13-20H2,1-2H3. The first-order valence-corrected chi connectivity index (χ1v) is 11.0. The number of para-hydroxylation sites is 1. The van der Waals surface area contributed by atoms with E-state index >= 15 is 0 Å². The van der Waals surface area contributed by atoms with Crippen molar-refractivity contribution in [2.75, 3.05) is 39.5 Å². The van der Waals surface area contributed by atoms with Gasteiger partial charge in [-0.25, -0.2) is 0 Å². The molecule has 0 saturated carbocycles. The lowest BCUT2D eigenvalue weighted by atomic mass is 10.1. The Balaban J connectivity index is 1.67. The number of amides is 1. The zero-order chi connectivity index (χ0) is 21.2. The summed E-state index contributed by atoms with van der Waals surface area (Å²) < 4.78 is 11.2. The number of hydrogen-bond donors (Lipinski definition) is 0. The van der Waals surface area contributed by atoms with Gasteiger partial charge in [-0.3, -0.25) is 9.69 Å². The average Bonchev–Trinajstić information content (AvgIpc) is 2.78. The molecule has 1 atom stereocenters. The van der Waals surface area contributed by atoms with E-state index in [1.54, 1.807) is 0 Å². The van der Waals surface area contributed by atoms with Crippen molar-refractivity contribution in [2.45, 2.75) is 39.3 Å². The normalized spacial score (nSPS) is 15.5. The topological polar surface area (TPSA) is 42.0 Å². The predicted octanol–water partition coefficient (Wildman–Crippen LogP) is 3.77. The van der Waals surface area contributed by atoms with Crippen molar-refractivity contribution in [3.8, 4) is 5.75 Å². The van der Waals surface area contributed by atoms with Gasteiger partial charge in [-0.15, -0.1) is 0 Å². The minimum absolute atomic E-state index is 0.137. The zero-order valence-electron chi connectivity index (χ0n) is 18.3. The summed E-state index contributed by atoms with van der Waals surface area (Å²) in [5.74, 6) is 1.06. The maximum absolute atomic E-state index is 13.3. The Bertz CT molecular complexity index is 775. The first-order valence-electron chi connectivity index (χ1n) is 11.0. The molecule has 0 aromatic heterocycles. The summed E-state index contributed by atoms with van der Waals surface area (Å²) in [4.78, 5) is 17.7. The zero-order valence-corrected chi connectivity index (χ0v) is 18.3. The number of morpholine rings is 1. The van der Waals surface area contributed by atoms with Gasteiger partial charge in [0.2, 0.25) is 5.91 Å². The van der Waals surface area contributed by atoms with Crippen LogP contribution in [-0.2, 0) is 22.5 Å². The Kier molecular flexibility index (Phi) is 8.72. The smallest absolute Gasteiger partial charge is 0.223 e. The van der Waals surface area contributed by atoms with Crippen LogP contribution in [0.5, 0.6) is 5.75 Å². The number of benzene rings is 2. The van der Waals surface area contributed by atoms with Gasteiger partial charge < -0.3 is 14.4 Å². The van der Waals surface area contributed by atoms with Crippen LogP contribution in [0.3, 0.4) is 0 Å². The molecule has 162 valence electrons. The number of carbonyl (C=O) groups is 1. The second-order valence-electron chi connectivity index (χ2n) is 7.81. The SMILES string of the molecule is CCOc1ccccc1CCC(=O)N(Cc1ccccc1)C(C)CN1CCOCC1. The Morgan fingerprint density at radius 1 is 1.10 bits per heavy atom. The molecule has 1 aliphatic heterocycles. The molecule has 0 bridgehead atoms. The Labute approximate surface area is 180 Å². The van der Waals surface area contributed by atoms with Crippen molar-refractivity contribution in [2.24, 2.45) is 0 Å². The second-order valence-corrected chi connectivity index (χ2v) is 7.81. The van der Waals surface area contributed by atoms with E-state index in [0.29, 0.717) is 26.0 Å². The number of hydrogen-bond acceptors (Lipinski definition) is 4. The Morgan fingerprint density at radius 2 is 1.80 bits per heavy atom. The summed E-state index contributed by atoms with van der Waals surface area (Å²) in [6.45, 7) is 9.68. The van der Waals surface area contributed by atoms with Gasteiger partial charge in [0, 0.05) is 38.6 Å². The Hall–Kier alpha value is -2.37. The summed E-state index contributed by atoms with van der Waals surface area (Å²) >= 11 is 0. The van der Waals surface area contributed by atoms with Crippen LogP contribution in [0.1, 0.15) is 31.4 Å². The van der Waals surface area contributed by atoms with Crippen molar-refractivity contribution in [3.05, 3.63) is 65.7 Å². The molecule has 2 aromatic rings. The molecule has 1 fully saturated rings. The van der Waals surface area contributed by atoms with Crippen molar-refractivity contribution in [1.82, 2.24) is 9.80 Å². The lowest BCUT2D eigenvalue weighted by molar-refractivity contribution is -0.134. The average molecular weight is 411 g/mol. The maximum Gasteiger partial charge on any atom is 0.223 e. The van der Waals surface area contributed by atoms with Crippen LogP contribution in [0, 0.1) is 0 Å². The van der Waals surface area contributed by atoms with Gasteiger partial charge in [0.1, 0.15) is 5.75 Å². The molecule has 1 unspecified atom stereocenters. The van der Waals surface area contributed by atoms with Gasteiger partial charge in [-0.2, -0.15) is 0 Å². The summed E-state index contributed by atoms with van der Waals surface area (Å²) in [7, 11) is 0. The van der Waals surface area contributed by atoms with Crippen LogP contribution in [0.2, 0.25) is 0 Å². The molecule has 1 heterocycles. The summed E-state index contributed by atoms with van der Waals surface area (Å²) in [6, 6.07) is 18.4. The fourth-order valence-electron chi connectivity index (χ4n) is 3.92. The third kappa shape index (κ3) is 6.57. The minimum atomic E-state index is 0.137. The summed E-state index contributed by atoms with van der Waals surface area (Å²) in [5, 5.41) is 0. The van der Waals surface area contributed by atoms with Gasteiger partial charge in [-0.1, -0.05) is 48.5 Å². The van der Waals surface area contributed by atoms with Gasteiger partial charge in [0.15, 0.2) is 0 Å². The second kappa shape index (κ2) is 11.7. The maximum atomic E-state index is 13.3. The first-order chi connectivity index (χ1) is 14.7. The van der Waals surface area contributed by atoms with Gasteiger partial charge >= 0.3 is 0 Å². The molecule has 0 aliphatic carbocycles. The lowest BCUT2D eigenvalue weighted by Gasteiger charge is -2.35. The summed E-state index contributed by atoms with van der Waals surface area (Å²) in [6.07, 6.45) is 1.16. The highest BCUT2D eigenvalue weighted by Crippen LogP contribution is 2.21. The van der Waals surface area contributed by atoms with E-state index in [1.807, 2.05) is 48.2 Å².